The Labute approximate surface area is 174 Å². The molecule has 3 aromatic rings. The van der Waals surface area contributed by atoms with Gasteiger partial charge in [-0.1, -0.05) is 12.1 Å². The number of carbonyl (C=O) groups excluding carboxylic acids is 2. The van der Waals surface area contributed by atoms with Crippen LogP contribution in [-0.2, 0) is 4.79 Å². The van der Waals surface area contributed by atoms with Crippen molar-refractivity contribution in [3.63, 3.8) is 0 Å². The Bertz CT molecular complexity index is 1080. The third-order valence-electron chi connectivity index (χ3n) is 5.24. The number of benzene rings is 2. The Kier molecular flexibility index (Phi) is 5.35. The average Bonchev–Trinajstić information content (AvgIpc) is 3.37. The normalized spacial score (nSPS) is 13.5. The van der Waals surface area contributed by atoms with Gasteiger partial charge in [0.15, 0.2) is 0 Å². The molecule has 30 heavy (non-hydrogen) atoms. The van der Waals surface area contributed by atoms with Crippen LogP contribution in [0, 0.1) is 12.7 Å². The van der Waals surface area contributed by atoms with Crippen LogP contribution in [0.1, 0.15) is 35.8 Å². The molecule has 1 aliphatic rings. The van der Waals surface area contributed by atoms with Crippen LogP contribution in [0.3, 0.4) is 0 Å². The zero-order chi connectivity index (χ0) is 21.3. The van der Waals surface area contributed by atoms with E-state index in [0.29, 0.717) is 22.8 Å². The Morgan fingerprint density at radius 3 is 2.23 bits per heavy atom. The summed E-state index contributed by atoms with van der Waals surface area (Å²) >= 11 is 0. The van der Waals surface area contributed by atoms with E-state index in [4.69, 9.17) is 0 Å². The number of hydrogen-bond acceptors (Lipinski definition) is 3. The first-order chi connectivity index (χ1) is 14.4. The zero-order valence-electron chi connectivity index (χ0n) is 17.0. The van der Waals surface area contributed by atoms with E-state index in [0.717, 1.165) is 37.1 Å². The van der Waals surface area contributed by atoms with Crippen LogP contribution < -0.4 is 5.32 Å². The van der Waals surface area contributed by atoms with Gasteiger partial charge in [0.25, 0.3) is 5.91 Å². The van der Waals surface area contributed by atoms with Crippen LogP contribution in [-0.4, -0.2) is 39.6 Å². The van der Waals surface area contributed by atoms with Crippen molar-refractivity contribution in [2.24, 2.45) is 0 Å². The molecule has 6 nitrogen and oxygen atoms in total. The summed E-state index contributed by atoms with van der Waals surface area (Å²) in [6, 6.07) is 13.3. The molecule has 1 fully saturated rings. The third kappa shape index (κ3) is 3.83. The highest BCUT2D eigenvalue weighted by molar-refractivity contribution is 5.95. The minimum absolute atomic E-state index is 0.0322. The van der Waals surface area contributed by atoms with Crippen molar-refractivity contribution in [3.05, 3.63) is 65.6 Å². The molecule has 0 radical (unpaired) electrons. The molecular weight excluding hydrogens is 383 g/mol. The van der Waals surface area contributed by atoms with Gasteiger partial charge in [-0.2, -0.15) is 5.10 Å². The number of carbonyl (C=O) groups is 2. The molecule has 0 spiro atoms. The van der Waals surface area contributed by atoms with Crippen molar-refractivity contribution in [2.45, 2.75) is 26.7 Å². The molecule has 4 rings (SSSR count). The van der Waals surface area contributed by atoms with Gasteiger partial charge in [-0.05, 0) is 61.7 Å². The summed E-state index contributed by atoms with van der Waals surface area (Å²) < 4.78 is 15.0. The van der Waals surface area contributed by atoms with E-state index in [1.165, 1.54) is 19.1 Å². The molecule has 0 atom stereocenters. The summed E-state index contributed by atoms with van der Waals surface area (Å²) in [5, 5.41) is 7.45. The standard InChI is InChI=1S/C23H23FN4O2/c1-15-21(17-5-9-19(24)10-6-17)22(25-16(2)29)28(26-15)20-11-7-18(8-12-20)23(30)27-13-3-4-14-27/h5-12H,3-4,13-14H2,1-2H3,(H,25,29). The number of halogens is 1. The number of nitrogens with one attached hydrogen (secondary N) is 1. The second kappa shape index (κ2) is 8.10. The molecule has 0 bridgehead atoms. The van der Waals surface area contributed by atoms with Crippen molar-refractivity contribution in [3.8, 4) is 16.8 Å². The van der Waals surface area contributed by atoms with Crippen LogP contribution in [0.4, 0.5) is 10.2 Å². The highest BCUT2D eigenvalue weighted by Gasteiger charge is 2.21. The fourth-order valence-electron chi connectivity index (χ4n) is 3.81. The van der Waals surface area contributed by atoms with E-state index in [2.05, 4.69) is 10.4 Å². The second-order valence-corrected chi connectivity index (χ2v) is 7.46. The Morgan fingerprint density at radius 1 is 1.00 bits per heavy atom. The molecule has 1 aliphatic heterocycles. The maximum absolute atomic E-state index is 13.4. The van der Waals surface area contributed by atoms with Crippen molar-refractivity contribution in [2.75, 3.05) is 18.4 Å². The number of anilines is 1. The van der Waals surface area contributed by atoms with Crippen LogP contribution >= 0.6 is 0 Å². The van der Waals surface area contributed by atoms with E-state index < -0.39 is 0 Å². The summed E-state index contributed by atoms with van der Waals surface area (Å²) in [4.78, 5) is 26.3. The highest BCUT2D eigenvalue weighted by Crippen LogP contribution is 2.33. The van der Waals surface area contributed by atoms with Crippen LogP contribution in [0.15, 0.2) is 48.5 Å². The Balaban J connectivity index is 1.73. The number of hydrogen-bond donors (Lipinski definition) is 1. The van der Waals surface area contributed by atoms with Gasteiger partial charge < -0.3 is 10.2 Å². The fourth-order valence-corrected chi connectivity index (χ4v) is 3.81. The molecule has 1 saturated heterocycles. The minimum atomic E-state index is -0.330. The van der Waals surface area contributed by atoms with Crippen LogP contribution in [0.2, 0.25) is 0 Å². The maximum atomic E-state index is 13.4. The zero-order valence-corrected chi connectivity index (χ0v) is 17.0. The van der Waals surface area contributed by atoms with E-state index in [1.807, 2.05) is 24.0 Å². The van der Waals surface area contributed by atoms with Gasteiger partial charge in [0.05, 0.1) is 11.4 Å². The molecule has 0 saturated carbocycles. The summed E-state index contributed by atoms with van der Waals surface area (Å²) in [5.41, 5.74) is 3.52. The number of aryl methyl sites for hydroxylation is 1. The van der Waals surface area contributed by atoms with Crippen molar-refractivity contribution >= 4 is 17.6 Å². The van der Waals surface area contributed by atoms with Gasteiger partial charge >= 0.3 is 0 Å². The molecule has 7 heteroatoms. The number of rotatable bonds is 4. The lowest BCUT2D eigenvalue weighted by Gasteiger charge is -2.15. The summed E-state index contributed by atoms with van der Waals surface area (Å²) in [7, 11) is 0. The summed E-state index contributed by atoms with van der Waals surface area (Å²) in [6.45, 7) is 4.87. The van der Waals surface area contributed by atoms with Crippen LogP contribution in [0.25, 0.3) is 16.8 Å². The number of amides is 2. The molecule has 2 amide bonds. The first-order valence-corrected chi connectivity index (χ1v) is 9.97. The van der Waals surface area contributed by atoms with Gasteiger partial charge in [-0.25, -0.2) is 9.07 Å². The van der Waals surface area contributed by atoms with E-state index in [-0.39, 0.29) is 17.6 Å². The quantitative estimate of drug-likeness (QED) is 0.707. The molecule has 2 aromatic carbocycles. The Morgan fingerprint density at radius 2 is 1.63 bits per heavy atom. The molecule has 1 aromatic heterocycles. The molecule has 154 valence electrons. The lowest BCUT2D eigenvalue weighted by Crippen LogP contribution is -2.27. The predicted octanol–water partition coefficient (Wildman–Crippen LogP) is 4.18. The molecule has 1 N–H and O–H groups in total. The third-order valence-corrected chi connectivity index (χ3v) is 5.24. The van der Waals surface area contributed by atoms with Gasteiger partial charge in [0.2, 0.25) is 5.91 Å². The van der Waals surface area contributed by atoms with Crippen molar-refractivity contribution in [1.29, 1.82) is 0 Å². The minimum Gasteiger partial charge on any atom is -0.339 e. The molecular formula is C23H23FN4O2. The molecule has 0 unspecified atom stereocenters. The van der Waals surface area contributed by atoms with E-state index in [1.54, 1.807) is 28.9 Å². The summed E-state index contributed by atoms with van der Waals surface area (Å²) in [6.07, 6.45) is 2.09. The van der Waals surface area contributed by atoms with Crippen LogP contribution in [0.5, 0.6) is 0 Å². The monoisotopic (exact) mass is 406 g/mol. The first-order valence-electron chi connectivity index (χ1n) is 9.97. The van der Waals surface area contributed by atoms with E-state index in [9.17, 15) is 14.0 Å². The predicted molar refractivity (Wildman–Crippen MR) is 113 cm³/mol. The SMILES string of the molecule is CC(=O)Nc1c(-c2ccc(F)cc2)c(C)nn1-c1ccc(C(=O)N2CCCC2)cc1. The smallest absolute Gasteiger partial charge is 0.253 e. The Hall–Kier alpha value is -3.48. The van der Waals surface area contributed by atoms with Gasteiger partial charge in [-0.15, -0.1) is 0 Å². The van der Waals surface area contributed by atoms with Gasteiger partial charge in [0.1, 0.15) is 11.6 Å². The summed E-state index contributed by atoms with van der Waals surface area (Å²) in [5.74, 6) is -0.0292. The number of nitrogens with zero attached hydrogens (tertiary/aromatic N) is 3. The second-order valence-electron chi connectivity index (χ2n) is 7.46. The lowest BCUT2D eigenvalue weighted by atomic mass is 10.1. The maximum Gasteiger partial charge on any atom is 0.253 e. The topological polar surface area (TPSA) is 67.2 Å². The van der Waals surface area contributed by atoms with Gasteiger partial charge in [-0.3, -0.25) is 9.59 Å². The highest BCUT2D eigenvalue weighted by atomic mass is 19.1. The number of likely N-dealkylation sites (tertiary alicyclic amines) is 1. The lowest BCUT2D eigenvalue weighted by molar-refractivity contribution is -0.114. The molecule has 0 aliphatic carbocycles. The molecule has 2 heterocycles. The first kappa shape index (κ1) is 19.8. The van der Waals surface area contributed by atoms with Gasteiger partial charge in [0, 0.05) is 31.1 Å². The van der Waals surface area contributed by atoms with E-state index >= 15 is 0 Å². The van der Waals surface area contributed by atoms with Crippen molar-refractivity contribution < 1.29 is 14.0 Å². The van der Waals surface area contributed by atoms with Crippen molar-refractivity contribution in [1.82, 2.24) is 14.7 Å². The fraction of sp³-hybridized carbons (Fsp3) is 0.261. The average molecular weight is 406 g/mol. The largest absolute Gasteiger partial charge is 0.339 e. The number of aromatic nitrogens is 2.